The largest absolute Gasteiger partial charge is 0.381 e. The van der Waals surface area contributed by atoms with Crippen LogP contribution in [0, 0.1) is 17.8 Å². The molecule has 3 nitrogen and oxygen atoms in total. The molecule has 0 aliphatic rings. The average molecular weight is 307 g/mol. The number of ether oxygens (including phenoxy) is 3. The van der Waals surface area contributed by atoms with Crippen LogP contribution in [0.5, 0.6) is 0 Å². The monoisotopic (exact) mass is 306 g/mol. The van der Waals surface area contributed by atoms with Crippen molar-refractivity contribution in [3.63, 3.8) is 0 Å². The molecule has 0 aliphatic heterocycles. The molecule has 0 aliphatic carbocycles. The fourth-order valence-electron chi connectivity index (χ4n) is 0.816. The van der Waals surface area contributed by atoms with Gasteiger partial charge in [0.05, 0.1) is 18.3 Å². The number of methoxy groups -OCH3 is 3. The molecule has 0 aromatic carbocycles. The zero-order valence-electron chi connectivity index (χ0n) is 16.7. The van der Waals surface area contributed by atoms with E-state index < -0.39 is 0 Å². The van der Waals surface area contributed by atoms with Crippen molar-refractivity contribution in [2.45, 2.75) is 80.6 Å². The Kier molecular flexibility index (Phi) is 20.0. The lowest BCUT2D eigenvalue weighted by Gasteiger charge is -2.11. The van der Waals surface area contributed by atoms with Crippen LogP contribution in [0.25, 0.3) is 0 Å². The van der Waals surface area contributed by atoms with E-state index in [0.29, 0.717) is 36.1 Å². The minimum atomic E-state index is 0.403. The molecule has 0 heterocycles. The first-order chi connectivity index (χ1) is 9.54. The van der Waals surface area contributed by atoms with Crippen molar-refractivity contribution in [3.8, 4) is 0 Å². The normalized spacial score (nSPS) is 15.0. The van der Waals surface area contributed by atoms with Gasteiger partial charge in [-0.05, 0) is 38.5 Å². The summed E-state index contributed by atoms with van der Waals surface area (Å²) in [5.41, 5.74) is 0. The third-order valence-corrected chi connectivity index (χ3v) is 3.93. The van der Waals surface area contributed by atoms with Gasteiger partial charge in [-0.15, -0.1) is 0 Å². The molecule has 1 unspecified atom stereocenters. The second-order valence-electron chi connectivity index (χ2n) is 6.55. The molecule has 0 saturated heterocycles. The van der Waals surface area contributed by atoms with Crippen molar-refractivity contribution in [2.24, 2.45) is 17.8 Å². The third kappa shape index (κ3) is 19.9. The minimum absolute atomic E-state index is 0.403. The molecule has 21 heavy (non-hydrogen) atoms. The van der Waals surface area contributed by atoms with Crippen LogP contribution in [0.15, 0.2) is 0 Å². The van der Waals surface area contributed by atoms with E-state index >= 15 is 0 Å². The van der Waals surface area contributed by atoms with Gasteiger partial charge in [-0.3, -0.25) is 0 Å². The number of hydrogen-bond acceptors (Lipinski definition) is 3. The van der Waals surface area contributed by atoms with Gasteiger partial charge >= 0.3 is 0 Å². The van der Waals surface area contributed by atoms with Crippen molar-refractivity contribution in [2.75, 3.05) is 21.3 Å². The first kappa shape index (κ1) is 25.8. The molecule has 0 radical (unpaired) electrons. The third-order valence-electron chi connectivity index (χ3n) is 3.93. The van der Waals surface area contributed by atoms with Gasteiger partial charge in [0.1, 0.15) is 0 Å². The minimum Gasteiger partial charge on any atom is -0.381 e. The highest BCUT2D eigenvalue weighted by Crippen LogP contribution is 2.03. The van der Waals surface area contributed by atoms with Gasteiger partial charge in [0, 0.05) is 21.3 Å². The maximum Gasteiger partial charge on any atom is 0.0566 e. The Labute approximate surface area is 134 Å². The van der Waals surface area contributed by atoms with Gasteiger partial charge in [-0.2, -0.15) is 0 Å². The smallest absolute Gasteiger partial charge is 0.0566 e. The van der Waals surface area contributed by atoms with Crippen molar-refractivity contribution >= 4 is 0 Å². The lowest BCUT2D eigenvalue weighted by Crippen LogP contribution is -2.11. The Hall–Kier alpha value is -0.120. The van der Waals surface area contributed by atoms with Crippen LogP contribution in [0.2, 0.25) is 0 Å². The van der Waals surface area contributed by atoms with Crippen LogP contribution in [-0.2, 0) is 14.2 Å². The summed E-state index contributed by atoms with van der Waals surface area (Å²) in [7, 11) is 5.22. The maximum atomic E-state index is 5.01. The number of rotatable bonds is 6. The second kappa shape index (κ2) is 16.3. The molecule has 0 aromatic heterocycles. The highest BCUT2D eigenvalue weighted by atomic mass is 16.5. The zero-order chi connectivity index (χ0) is 17.6. The summed E-state index contributed by atoms with van der Waals surface area (Å²) in [5.74, 6) is 1.93. The van der Waals surface area contributed by atoms with Crippen LogP contribution in [0.3, 0.4) is 0 Å². The van der Waals surface area contributed by atoms with Gasteiger partial charge in [0.25, 0.3) is 0 Å². The highest BCUT2D eigenvalue weighted by Gasteiger charge is 2.03. The fourth-order valence-corrected chi connectivity index (χ4v) is 0.816. The topological polar surface area (TPSA) is 27.7 Å². The Bertz CT molecular complexity index is 158. The second-order valence-corrected chi connectivity index (χ2v) is 6.55. The maximum absolute atomic E-state index is 5.01. The summed E-state index contributed by atoms with van der Waals surface area (Å²) >= 11 is 0. The summed E-state index contributed by atoms with van der Waals surface area (Å²) in [5, 5.41) is 0. The van der Waals surface area contributed by atoms with Crippen molar-refractivity contribution in [3.05, 3.63) is 0 Å². The predicted octanol–water partition coefficient (Wildman–Crippen LogP) is 5.03. The summed E-state index contributed by atoms with van der Waals surface area (Å²) in [6.45, 7) is 19.1. The molecule has 0 bridgehead atoms. The quantitative estimate of drug-likeness (QED) is 0.688. The molecular weight excluding hydrogens is 264 g/mol. The first-order valence-electron chi connectivity index (χ1n) is 8.13. The molecule has 0 aromatic rings. The van der Waals surface area contributed by atoms with E-state index in [1.54, 1.807) is 21.3 Å². The molecule has 0 fully saturated rings. The predicted molar refractivity (Wildman–Crippen MR) is 93.9 cm³/mol. The van der Waals surface area contributed by atoms with Crippen LogP contribution < -0.4 is 0 Å². The molecule has 3 atom stereocenters. The fraction of sp³-hybridized carbons (Fsp3) is 1.00. The molecule has 0 saturated carbocycles. The lowest BCUT2D eigenvalue weighted by molar-refractivity contribution is 0.0804. The van der Waals surface area contributed by atoms with Gasteiger partial charge in [-0.25, -0.2) is 0 Å². The summed E-state index contributed by atoms with van der Waals surface area (Å²) in [6.07, 6.45) is 1.21. The molecule has 132 valence electrons. The van der Waals surface area contributed by atoms with Crippen LogP contribution in [0.1, 0.15) is 62.3 Å². The molecule has 3 heteroatoms. The first-order valence-corrected chi connectivity index (χ1v) is 8.13. The Morgan fingerprint density at radius 3 is 0.524 bits per heavy atom. The highest BCUT2D eigenvalue weighted by molar-refractivity contribution is 4.52. The zero-order valence-corrected chi connectivity index (χ0v) is 16.7. The Morgan fingerprint density at radius 1 is 0.381 bits per heavy atom. The molecular formula is C18H42O3. The van der Waals surface area contributed by atoms with E-state index in [2.05, 4.69) is 62.3 Å². The van der Waals surface area contributed by atoms with E-state index in [1.807, 2.05) is 0 Å². The molecule has 0 N–H and O–H groups in total. The van der Waals surface area contributed by atoms with Gasteiger partial charge in [0.15, 0.2) is 0 Å². The van der Waals surface area contributed by atoms with E-state index in [0.717, 1.165) is 0 Å². The average Bonchev–Trinajstić information content (AvgIpc) is 2.45. The SMILES string of the molecule is COC(C)C(C)C.CO[C@@H](C)C(C)C.CO[C@H](C)C(C)C. The van der Waals surface area contributed by atoms with Gasteiger partial charge in [-0.1, -0.05) is 41.5 Å². The van der Waals surface area contributed by atoms with Crippen LogP contribution >= 0.6 is 0 Å². The molecule has 0 rings (SSSR count). The van der Waals surface area contributed by atoms with Gasteiger partial charge in [0.2, 0.25) is 0 Å². The Morgan fingerprint density at radius 2 is 0.524 bits per heavy atom. The number of hydrogen-bond donors (Lipinski definition) is 0. The summed E-state index contributed by atoms with van der Waals surface area (Å²) < 4.78 is 15.0. The van der Waals surface area contributed by atoms with Crippen molar-refractivity contribution in [1.29, 1.82) is 0 Å². The summed E-state index contributed by atoms with van der Waals surface area (Å²) in [6, 6.07) is 0. The van der Waals surface area contributed by atoms with E-state index in [1.165, 1.54) is 0 Å². The van der Waals surface area contributed by atoms with Crippen molar-refractivity contribution < 1.29 is 14.2 Å². The van der Waals surface area contributed by atoms with Crippen LogP contribution in [0.4, 0.5) is 0 Å². The molecule has 0 amide bonds. The molecule has 0 spiro atoms. The summed E-state index contributed by atoms with van der Waals surface area (Å²) in [4.78, 5) is 0. The van der Waals surface area contributed by atoms with Gasteiger partial charge < -0.3 is 14.2 Å². The standard InChI is InChI=1S/3C6H14O/c3*1-5(2)6(3)7-4/h3*5-6H,1-4H3/t2*6-;/m10./s1. The lowest BCUT2D eigenvalue weighted by atomic mass is 10.1. The van der Waals surface area contributed by atoms with E-state index in [4.69, 9.17) is 14.2 Å². The Balaban J connectivity index is -0.000000231. The van der Waals surface area contributed by atoms with E-state index in [9.17, 15) is 0 Å². The van der Waals surface area contributed by atoms with E-state index in [-0.39, 0.29) is 0 Å². The van der Waals surface area contributed by atoms with Crippen LogP contribution in [-0.4, -0.2) is 39.6 Å². The van der Waals surface area contributed by atoms with Crippen molar-refractivity contribution in [1.82, 2.24) is 0 Å².